The lowest BCUT2D eigenvalue weighted by molar-refractivity contribution is 0.837. The summed E-state index contributed by atoms with van der Waals surface area (Å²) in [6.07, 6.45) is 14.7. The summed E-state index contributed by atoms with van der Waals surface area (Å²) in [5.41, 5.74) is 13.6. The molecule has 2 nitrogen and oxygen atoms in total. The molecule has 0 fully saturated rings. The van der Waals surface area contributed by atoms with Gasteiger partial charge in [-0.3, -0.25) is 0 Å². The van der Waals surface area contributed by atoms with Crippen LogP contribution in [0, 0.1) is 0 Å². The largest absolute Gasteiger partial charge is 0.334 e. The topological polar surface area (TPSA) is 8.17 Å². The molecule has 0 radical (unpaired) electrons. The van der Waals surface area contributed by atoms with E-state index in [0.29, 0.717) is 0 Å². The summed E-state index contributed by atoms with van der Waals surface area (Å²) in [7, 11) is 0. The minimum absolute atomic E-state index is 0.108. The Balaban J connectivity index is 1.17. The maximum absolute atomic E-state index is 2.60. The first-order chi connectivity index (χ1) is 28.8. The summed E-state index contributed by atoms with van der Waals surface area (Å²) < 4.78 is 2.44. The quantitative estimate of drug-likeness (QED) is 0.158. The second-order valence-corrected chi connectivity index (χ2v) is 15.6. The van der Waals surface area contributed by atoms with E-state index in [1.54, 1.807) is 0 Å². The maximum Gasteiger partial charge on any atom is 0.0566 e. The van der Waals surface area contributed by atoms with Crippen LogP contribution >= 0.6 is 0 Å². The summed E-state index contributed by atoms with van der Waals surface area (Å²) in [6.45, 7) is 0. The molecule has 1 atom stereocenters. The van der Waals surface area contributed by atoms with Gasteiger partial charge in [0.05, 0.1) is 17.1 Å². The maximum atomic E-state index is 2.60. The van der Waals surface area contributed by atoms with Crippen LogP contribution in [-0.4, -0.2) is 10.6 Å². The summed E-state index contributed by atoms with van der Waals surface area (Å²) in [5, 5.41) is 7.60. The Morgan fingerprint density at radius 3 is 2.07 bits per heavy atom. The van der Waals surface area contributed by atoms with Crippen LogP contribution in [0.4, 0.5) is 11.4 Å². The highest BCUT2D eigenvalue weighted by atomic mass is 15.2. The first-order valence-electron chi connectivity index (χ1n) is 20.5. The van der Waals surface area contributed by atoms with Gasteiger partial charge in [-0.1, -0.05) is 158 Å². The lowest BCUT2D eigenvalue weighted by Gasteiger charge is -2.34. The third-order valence-electron chi connectivity index (χ3n) is 12.1. The predicted molar refractivity (Wildman–Crippen MR) is 247 cm³/mol. The van der Waals surface area contributed by atoms with Crippen molar-refractivity contribution in [2.45, 2.75) is 25.3 Å². The molecule has 0 saturated heterocycles. The molecular weight excluding hydrogens is 701 g/mol. The van der Waals surface area contributed by atoms with Gasteiger partial charge < -0.3 is 9.47 Å². The smallest absolute Gasteiger partial charge is 0.0566 e. The van der Waals surface area contributed by atoms with E-state index in [1.165, 1.54) is 87.8 Å². The molecule has 1 aromatic heterocycles. The molecule has 11 rings (SSSR count). The SMILES string of the molecule is C1=CCCC(c2cc(-c3ccccc3)cc(N(c3cccc(-c4c5ccccc5cc5c4c4ccccc4n5-c4ccccc4)c3)C3C=c4ccccc4=CC3)c2)=C1. The highest BCUT2D eigenvalue weighted by Gasteiger charge is 2.24. The number of hydrogen-bond donors (Lipinski definition) is 0. The number of rotatable bonds is 7. The van der Waals surface area contributed by atoms with Crippen molar-refractivity contribution >= 4 is 61.7 Å². The van der Waals surface area contributed by atoms with Gasteiger partial charge in [-0.25, -0.2) is 0 Å². The molecule has 0 aliphatic heterocycles. The Morgan fingerprint density at radius 2 is 1.22 bits per heavy atom. The van der Waals surface area contributed by atoms with Gasteiger partial charge in [0.2, 0.25) is 0 Å². The number of nitrogens with zero attached hydrogens (tertiary/aromatic N) is 2. The monoisotopic (exact) mass is 742 g/mol. The molecule has 8 aromatic carbocycles. The number of anilines is 2. The molecule has 0 saturated carbocycles. The van der Waals surface area contributed by atoms with E-state index in [2.05, 4.69) is 222 Å². The zero-order chi connectivity index (χ0) is 38.4. The van der Waals surface area contributed by atoms with Crippen LogP contribution < -0.4 is 15.3 Å². The van der Waals surface area contributed by atoms with Crippen LogP contribution in [-0.2, 0) is 0 Å². The second kappa shape index (κ2) is 14.4. The van der Waals surface area contributed by atoms with Crippen molar-refractivity contribution in [2.75, 3.05) is 4.90 Å². The van der Waals surface area contributed by atoms with E-state index in [4.69, 9.17) is 0 Å². The summed E-state index contributed by atoms with van der Waals surface area (Å²) in [4.78, 5) is 2.60. The molecule has 1 unspecified atom stereocenters. The third kappa shape index (κ3) is 5.97. The van der Waals surface area contributed by atoms with Crippen molar-refractivity contribution in [3.05, 3.63) is 216 Å². The summed E-state index contributed by atoms with van der Waals surface area (Å²) >= 11 is 0. The standard InChI is InChI=1S/C56H42N2/c1-4-17-39(18-5-1)45-33-46(40-19-6-2-7-20-40)37-50(36-45)57(49-32-31-41-21-10-11-22-42(41)34-49)48-27-16-24-44(35-48)55-51-28-13-12-23-43(51)38-54-56(55)52-29-14-15-30-53(52)58(54)47-25-8-3-9-26-47/h1-6,8-19,21-31,33-38,49H,7,20,32H2. The van der Waals surface area contributed by atoms with Crippen LogP contribution in [0.15, 0.2) is 200 Å². The fourth-order valence-electron chi connectivity index (χ4n) is 9.42. The van der Waals surface area contributed by atoms with Crippen LogP contribution in [0.25, 0.3) is 78.2 Å². The van der Waals surface area contributed by atoms with E-state index < -0.39 is 0 Å². The van der Waals surface area contributed by atoms with Gasteiger partial charge in [0.25, 0.3) is 0 Å². The van der Waals surface area contributed by atoms with Crippen LogP contribution in [0.5, 0.6) is 0 Å². The summed E-state index contributed by atoms with van der Waals surface area (Å²) in [6, 6.07) is 67.3. The van der Waals surface area contributed by atoms with Crippen LogP contribution in [0.3, 0.4) is 0 Å². The number of allylic oxidation sites excluding steroid dienone is 4. The zero-order valence-electron chi connectivity index (χ0n) is 32.3. The van der Waals surface area contributed by atoms with Gasteiger partial charge in [-0.05, 0) is 128 Å². The minimum Gasteiger partial charge on any atom is -0.334 e. The van der Waals surface area contributed by atoms with Gasteiger partial charge in [0, 0.05) is 27.8 Å². The highest BCUT2D eigenvalue weighted by molar-refractivity contribution is 6.23. The number of hydrogen-bond acceptors (Lipinski definition) is 1. The van der Waals surface area contributed by atoms with Crippen molar-refractivity contribution < 1.29 is 0 Å². The highest BCUT2D eigenvalue weighted by Crippen LogP contribution is 2.45. The predicted octanol–water partition coefficient (Wildman–Crippen LogP) is 13.2. The van der Waals surface area contributed by atoms with E-state index in [9.17, 15) is 0 Å². The lowest BCUT2D eigenvalue weighted by atomic mass is 9.91. The van der Waals surface area contributed by atoms with Gasteiger partial charge in [-0.15, -0.1) is 0 Å². The van der Waals surface area contributed by atoms with Crippen molar-refractivity contribution in [3.63, 3.8) is 0 Å². The van der Waals surface area contributed by atoms with E-state index in [-0.39, 0.29) is 6.04 Å². The van der Waals surface area contributed by atoms with Crippen molar-refractivity contribution in [1.29, 1.82) is 0 Å². The minimum atomic E-state index is 0.108. The fourth-order valence-corrected chi connectivity index (χ4v) is 9.42. The average Bonchev–Trinajstić information content (AvgIpc) is 3.63. The molecule has 276 valence electrons. The second-order valence-electron chi connectivity index (χ2n) is 15.6. The van der Waals surface area contributed by atoms with E-state index in [1.807, 2.05) is 0 Å². The molecule has 0 amide bonds. The van der Waals surface area contributed by atoms with Crippen molar-refractivity contribution in [3.8, 4) is 27.9 Å². The Kier molecular flexibility index (Phi) is 8.47. The Bertz CT molecular complexity index is 3200. The molecule has 2 heteroatoms. The molecule has 58 heavy (non-hydrogen) atoms. The van der Waals surface area contributed by atoms with Crippen LogP contribution in [0.2, 0.25) is 0 Å². The Hall–Kier alpha value is -7.16. The zero-order valence-corrected chi connectivity index (χ0v) is 32.3. The molecule has 9 aromatic rings. The molecule has 2 aliphatic rings. The molecular formula is C56H42N2. The Labute approximate surface area is 339 Å². The average molecular weight is 743 g/mol. The van der Waals surface area contributed by atoms with Crippen molar-refractivity contribution in [2.24, 2.45) is 0 Å². The first kappa shape index (κ1) is 34.1. The lowest BCUT2D eigenvalue weighted by Crippen LogP contribution is -2.37. The van der Waals surface area contributed by atoms with Gasteiger partial charge >= 0.3 is 0 Å². The fraction of sp³-hybridized carbons (Fsp3) is 0.0714. The molecule has 2 aliphatic carbocycles. The molecule has 0 spiro atoms. The number of fused-ring (bicyclic) bond motifs is 5. The van der Waals surface area contributed by atoms with Crippen molar-refractivity contribution in [1.82, 2.24) is 4.57 Å². The Morgan fingerprint density at radius 1 is 0.517 bits per heavy atom. The van der Waals surface area contributed by atoms with Gasteiger partial charge in [0.15, 0.2) is 0 Å². The molecule has 0 bridgehead atoms. The molecule has 1 heterocycles. The number of benzene rings is 8. The van der Waals surface area contributed by atoms with E-state index >= 15 is 0 Å². The first-order valence-corrected chi connectivity index (χ1v) is 20.5. The normalized spacial score (nSPS) is 14.8. The molecule has 0 N–H and O–H groups in total. The number of para-hydroxylation sites is 2. The van der Waals surface area contributed by atoms with Crippen LogP contribution in [0.1, 0.15) is 24.8 Å². The van der Waals surface area contributed by atoms with Gasteiger partial charge in [0.1, 0.15) is 0 Å². The van der Waals surface area contributed by atoms with Gasteiger partial charge in [-0.2, -0.15) is 0 Å². The third-order valence-corrected chi connectivity index (χ3v) is 12.1. The summed E-state index contributed by atoms with van der Waals surface area (Å²) in [5.74, 6) is 0. The van der Waals surface area contributed by atoms with E-state index in [0.717, 1.165) is 24.9 Å². The number of aromatic nitrogens is 1.